The summed E-state index contributed by atoms with van der Waals surface area (Å²) in [6, 6.07) is 0. The van der Waals surface area contributed by atoms with E-state index in [2.05, 4.69) is 4.84 Å². The van der Waals surface area contributed by atoms with Gasteiger partial charge in [0.15, 0.2) is 0 Å². The Balaban J connectivity index is 3.52. The molecule has 10 heavy (non-hydrogen) atoms. The number of halogens is 1. The highest BCUT2D eigenvalue weighted by Gasteiger charge is 2.04. The van der Waals surface area contributed by atoms with E-state index in [0.717, 1.165) is 13.1 Å². The van der Waals surface area contributed by atoms with Crippen LogP contribution in [0.25, 0.3) is 0 Å². The summed E-state index contributed by atoms with van der Waals surface area (Å²) >= 11 is 5.08. The number of rotatable bonds is 4. The normalized spacial score (nSPS) is 10.0. The molecule has 60 valence electrons. The van der Waals surface area contributed by atoms with Gasteiger partial charge in [0.25, 0.3) is 0 Å². The van der Waals surface area contributed by atoms with Crippen LogP contribution in [0, 0.1) is 0 Å². The van der Waals surface area contributed by atoms with Crippen molar-refractivity contribution >= 4 is 17.7 Å². The third kappa shape index (κ3) is 3.69. The highest BCUT2D eigenvalue weighted by atomic mass is 35.5. The molecule has 0 aliphatic carbocycles. The molecule has 0 fully saturated rings. The summed E-state index contributed by atoms with van der Waals surface area (Å²) in [4.78, 5) is 14.7. The second-order valence-electron chi connectivity index (χ2n) is 1.98. The van der Waals surface area contributed by atoms with Crippen LogP contribution in [-0.4, -0.2) is 30.4 Å². The molecule has 0 aromatic heterocycles. The van der Waals surface area contributed by atoms with Crippen LogP contribution < -0.4 is 4.84 Å². The molecule has 0 saturated heterocycles. The number of hydrogen-bond acceptors (Lipinski definition) is 2. The van der Waals surface area contributed by atoms with Crippen LogP contribution in [0.5, 0.6) is 0 Å². The van der Waals surface area contributed by atoms with Crippen LogP contribution in [0.15, 0.2) is 0 Å². The Morgan fingerprint density at radius 1 is 1.50 bits per heavy atom. The maximum atomic E-state index is 10.7. The van der Waals surface area contributed by atoms with E-state index < -0.39 is 0 Å². The topological polar surface area (TPSA) is 32.3 Å². The number of nitrogens with one attached hydrogen (secondary N) is 1. The average molecular weight is 165 g/mol. The van der Waals surface area contributed by atoms with E-state index in [4.69, 9.17) is 11.8 Å². The van der Waals surface area contributed by atoms with Gasteiger partial charge in [0.05, 0.1) is 6.54 Å². The number of hydrogen-bond donors (Lipinski definition) is 1. The summed E-state index contributed by atoms with van der Waals surface area (Å²) in [5.74, 6) is -0.148. The number of amides is 1. The number of nitrogens with zero attached hydrogens (tertiary/aromatic N) is 1. The zero-order chi connectivity index (χ0) is 7.98. The van der Waals surface area contributed by atoms with E-state index in [9.17, 15) is 4.79 Å². The highest BCUT2D eigenvalue weighted by molar-refractivity contribution is 6.21. The smallest absolute Gasteiger partial charge is 0.248 e. The summed E-state index contributed by atoms with van der Waals surface area (Å²) in [5, 5.41) is 0. The van der Waals surface area contributed by atoms with E-state index >= 15 is 0 Å². The predicted molar refractivity (Wildman–Crippen MR) is 41.8 cm³/mol. The fourth-order valence-corrected chi connectivity index (χ4v) is 0.740. The summed E-state index contributed by atoms with van der Waals surface area (Å²) in [6.45, 7) is 6.15. The van der Waals surface area contributed by atoms with Crippen molar-refractivity contribution in [1.82, 2.24) is 9.74 Å². The third-order valence-electron chi connectivity index (χ3n) is 1.37. The first-order chi connectivity index (χ1) is 4.74. The molecule has 0 aliphatic rings. The van der Waals surface area contributed by atoms with Crippen LogP contribution in [0.4, 0.5) is 0 Å². The van der Waals surface area contributed by atoms with Crippen molar-refractivity contribution in [3.05, 3.63) is 0 Å². The van der Waals surface area contributed by atoms with Crippen molar-refractivity contribution < 1.29 is 4.79 Å². The van der Waals surface area contributed by atoms with E-state index in [-0.39, 0.29) is 5.91 Å². The quantitative estimate of drug-likeness (QED) is 0.618. The Bertz CT molecular complexity index is 104. The molecule has 0 spiro atoms. The molecule has 1 N–H and O–H groups in total. The van der Waals surface area contributed by atoms with Crippen molar-refractivity contribution in [1.29, 1.82) is 0 Å². The lowest BCUT2D eigenvalue weighted by Gasteiger charge is -2.15. The molecule has 0 unspecified atom stereocenters. The van der Waals surface area contributed by atoms with Crippen LogP contribution in [0.1, 0.15) is 13.8 Å². The molecular formula is C6H13ClN2O. The summed E-state index contributed by atoms with van der Waals surface area (Å²) in [5.41, 5.74) is 0. The van der Waals surface area contributed by atoms with Gasteiger partial charge >= 0.3 is 0 Å². The van der Waals surface area contributed by atoms with Gasteiger partial charge in [-0.15, -0.1) is 0 Å². The van der Waals surface area contributed by atoms with Gasteiger partial charge in [-0.3, -0.25) is 14.5 Å². The van der Waals surface area contributed by atoms with Crippen molar-refractivity contribution in [3.8, 4) is 0 Å². The van der Waals surface area contributed by atoms with Gasteiger partial charge in [-0.2, -0.15) is 0 Å². The van der Waals surface area contributed by atoms with Crippen LogP contribution in [0.3, 0.4) is 0 Å². The summed E-state index contributed by atoms with van der Waals surface area (Å²) < 4.78 is 0. The summed E-state index contributed by atoms with van der Waals surface area (Å²) in [6.07, 6.45) is 0. The molecule has 0 heterocycles. The standard InChI is InChI=1S/C6H13ClN2O/c1-3-9(4-2)5-6(10)8-7/h3-5H2,1-2H3,(H,8,10). The third-order valence-corrected chi connectivity index (χ3v) is 1.58. The minimum Gasteiger partial charge on any atom is -0.295 e. The Morgan fingerprint density at radius 3 is 2.30 bits per heavy atom. The zero-order valence-corrected chi connectivity index (χ0v) is 7.11. The maximum Gasteiger partial charge on any atom is 0.248 e. The monoisotopic (exact) mass is 164 g/mol. The van der Waals surface area contributed by atoms with Gasteiger partial charge in [0.2, 0.25) is 5.91 Å². The van der Waals surface area contributed by atoms with E-state index in [1.165, 1.54) is 0 Å². The van der Waals surface area contributed by atoms with Crippen molar-refractivity contribution in [2.45, 2.75) is 13.8 Å². The lowest BCUT2D eigenvalue weighted by molar-refractivity contribution is -0.120. The van der Waals surface area contributed by atoms with Crippen LogP contribution >= 0.6 is 11.8 Å². The largest absolute Gasteiger partial charge is 0.295 e. The molecule has 0 bridgehead atoms. The average Bonchev–Trinajstić information content (AvgIpc) is 1.99. The first-order valence-corrected chi connectivity index (χ1v) is 3.74. The van der Waals surface area contributed by atoms with E-state index in [1.54, 1.807) is 0 Å². The van der Waals surface area contributed by atoms with Gasteiger partial charge < -0.3 is 0 Å². The first kappa shape index (κ1) is 9.72. The molecule has 0 rings (SSSR count). The zero-order valence-electron chi connectivity index (χ0n) is 6.35. The number of carbonyl (C=O) groups is 1. The van der Waals surface area contributed by atoms with Crippen molar-refractivity contribution in [2.75, 3.05) is 19.6 Å². The molecule has 0 aromatic rings. The fraction of sp³-hybridized carbons (Fsp3) is 0.833. The molecule has 1 amide bonds. The van der Waals surface area contributed by atoms with Gasteiger partial charge in [-0.25, -0.2) is 0 Å². The van der Waals surface area contributed by atoms with E-state index in [1.807, 2.05) is 18.7 Å². The summed E-state index contributed by atoms with van der Waals surface area (Å²) in [7, 11) is 0. The number of likely N-dealkylation sites (N-methyl/N-ethyl adjacent to an activating group) is 1. The van der Waals surface area contributed by atoms with E-state index in [0.29, 0.717) is 6.54 Å². The van der Waals surface area contributed by atoms with Crippen molar-refractivity contribution in [3.63, 3.8) is 0 Å². The molecule has 0 atom stereocenters. The SMILES string of the molecule is CCN(CC)CC(=O)NCl. The molecule has 0 aromatic carbocycles. The van der Waals surface area contributed by atoms with Gasteiger partial charge in [-0.05, 0) is 13.1 Å². The van der Waals surface area contributed by atoms with Crippen LogP contribution in [-0.2, 0) is 4.79 Å². The molecule has 4 heteroatoms. The highest BCUT2D eigenvalue weighted by Crippen LogP contribution is 1.85. The van der Waals surface area contributed by atoms with Gasteiger partial charge in [0, 0.05) is 11.8 Å². The molecule has 0 aliphatic heterocycles. The lowest BCUT2D eigenvalue weighted by Crippen LogP contribution is -2.33. The number of carbonyl (C=O) groups excluding carboxylic acids is 1. The second-order valence-corrected chi connectivity index (χ2v) is 2.17. The fourth-order valence-electron chi connectivity index (χ4n) is 0.680. The molecule has 0 saturated carbocycles. The second kappa shape index (κ2) is 5.50. The Kier molecular flexibility index (Phi) is 5.35. The van der Waals surface area contributed by atoms with Crippen LogP contribution in [0.2, 0.25) is 0 Å². The Labute approximate surface area is 66.5 Å². The predicted octanol–water partition coefficient (Wildman–Crippen LogP) is 0.598. The lowest BCUT2D eigenvalue weighted by atomic mass is 10.4. The Morgan fingerprint density at radius 2 is 2.00 bits per heavy atom. The molecule has 3 nitrogen and oxygen atoms in total. The molecular weight excluding hydrogens is 152 g/mol. The van der Waals surface area contributed by atoms with Gasteiger partial charge in [0.1, 0.15) is 0 Å². The maximum absolute atomic E-state index is 10.7. The molecule has 0 radical (unpaired) electrons. The minimum absolute atomic E-state index is 0.148. The first-order valence-electron chi connectivity index (χ1n) is 3.36. The minimum atomic E-state index is -0.148. The van der Waals surface area contributed by atoms with Crippen molar-refractivity contribution in [2.24, 2.45) is 0 Å². The van der Waals surface area contributed by atoms with Gasteiger partial charge in [-0.1, -0.05) is 13.8 Å². The Hall–Kier alpha value is -0.280.